The molecule has 0 spiro atoms. The summed E-state index contributed by atoms with van der Waals surface area (Å²) in [6, 6.07) is -0.0274. The van der Waals surface area contributed by atoms with Crippen LogP contribution >= 0.6 is 0 Å². The summed E-state index contributed by atoms with van der Waals surface area (Å²) in [5.74, 6) is -0.262. The van der Waals surface area contributed by atoms with Crippen molar-refractivity contribution in [2.24, 2.45) is 0 Å². The van der Waals surface area contributed by atoms with Crippen molar-refractivity contribution < 1.29 is 14.3 Å². The van der Waals surface area contributed by atoms with E-state index in [4.69, 9.17) is 9.47 Å². The zero-order valence-corrected chi connectivity index (χ0v) is 9.73. The summed E-state index contributed by atoms with van der Waals surface area (Å²) in [7, 11) is 1.42. The van der Waals surface area contributed by atoms with Crippen molar-refractivity contribution in [2.45, 2.75) is 18.6 Å². The Kier molecular flexibility index (Phi) is 2.61. The molecule has 0 aromatic rings. The smallest absolute Gasteiger partial charge is 0.335 e. The zero-order chi connectivity index (χ0) is 11.8. The number of carbonyl (C=O) groups is 1. The van der Waals surface area contributed by atoms with Gasteiger partial charge in [0.05, 0.1) is 31.4 Å². The van der Waals surface area contributed by atoms with Crippen molar-refractivity contribution in [3.63, 3.8) is 0 Å². The molecule has 2 heterocycles. The lowest BCUT2D eigenvalue weighted by Crippen LogP contribution is -2.45. The molecule has 0 aromatic carbocycles. The first-order valence-corrected chi connectivity index (χ1v) is 5.85. The van der Waals surface area contributed by atoms with Crippen molar-refractivity contribution >= 4 is 5.97 Å². The number of hydrogen-bond donors (Lipinski definition) is 1. The third-order valence-corrected chi connectivity index (χ3v) is 3.55. The van der Waals surface area contributed by atoms with E-state index >= 15 is 0 Å². The molecule has 3 aliphatic rings. The van der Waals surface area contributed by atoms with Gasteiger partial charge >= 0.3 is 5.97 Å². The molecule has 4 nitrogen and oxygen atoms in total. The molecule has 0 saturated carbocycles. The van der Waals surface area contributed by atoms with E-state index in [1.165, 1.54) is 18.3 Å². The minimum atomic E-state index is -0.262. The highest BCUT2D eigenvalue weighted by atomic mass is 16.5. The molecule has 2 unspecified atom stereocenters. The molecule has 0 amide bonds. The SMILES string of the molecule is COC(=O)C1=CC=CC2=C3CCOC3CNC12. The molecule has 1 aliphatic carbocycles. The van der Waals surface area contributed by atoms with E-state index < -0.39 is 0 Å². The number of carbonyl (C=O) groups excluding carboxylic acids is 1. The number of allylic oxidation sites excluding steroid dienone is 2. The number of hydrogen-bond acceptors (Lipinski definition) is 4. The Morgan fingerprint density at radius 3 is 3.29 bits per heavy atom. The fraction of sp³-hybridized carbons (Fsp3) is 0.462. The Morgan fingerprint density at radius 2 is 2.47 bits per heavy atom. The number of nitrogens with one attached hydrogen (secondary N) is 1. The predicted octanol–water partition coefficient (Wildman–Crippen LogP) is 0.713. The average molecular weight is 233 g/mol. The largest absolute Gasteiger partial charge is 0.466 e. The van der Waals surface area contributed by atoms with Crippen LogP contribution in [0, 0.1) is 0 Å². The maximum absolute atomic E-state index is 11.7. The van der Waals surface area contributed by atoms with E-state index in [0.29, 0.717) is 5.57 Å². The predicted molar refractivity (Wildman–Crippen MR) is 62.4 cm³/mol. The number of esters is 1. The van der Waals surface area contributed by atoms with Gasteiger partial charge in [0.1, 0.15) is 0 Å². The van der Waals surface area contributed by atoms with Crippen molar-refractivity contribution in [2.75, 3.05) is 20.3 Å². The first-order chi connectivity index (χ1) is 8.31. The Balaban J connectivity index is 1.99. The fourth-order valence-corrected chi connectivity index (χ4v) is 2.74. The second-order valence-electron chi connectivity index (χ2n) is 4.40. The van der Waals surface area contributed by atoms with E-state index in [9.17, 15) is 4.79 Å². The van der Waals surface area contributed by atoms with Crippen LogP contribution < -0.4 is 5.32 Å². The molecular weight excluding hydrogens is 218 g/mol. The fourth-order valence-electron chi connectivity index (χ4n) is 2.74. The lowest BCUT2D eigenvalue weighted by molar-refractivity contribution is -0.136. The van der Waals surface area contributed by atoms with Crippen LogP contribution in [0.2, 0.25) is 0 Å². The second kappa shape index (κ2) is 4.13. The molecular formula is C13H15NO3. The normalized spacial score (nSPS) is 30.8. The molecule has 17 heavy (non-hydrogen) atoms. The molecule has 3 rings (SSSR count). The quantitative estimate of drug-likeness (QED) is 0.678. The summed E-state index contributed by atoms with van der Waals surface area (Å²) in [6.45, 7) is 1.55. The van der Waals surface area contributed by atoms with Gasteiger partial charge in [-0.2, -0.15) is 0 Å². The van der Waals surface area contributed by atoms with Gasteiger partial charge in [0.25, 0.3) is 0 Å². The Labute approximate surface area is 100.0 Å². The summed E-state index contributed by atoms with van der Waals surface area (Å²) < 4.78 is 10.5. The lowest BCUT2D eigenvalue weighted by Gasteiger charge is -2.32. The van der Waals surface area contributed by atoms with Crippen molar-refractivity contribution in [1.29, 1.82) is 0 Å². The minimum absolute atomic E-state index is 0.0274. The second-order valence-corrected chi connectivity index (χ2v) is 4.40. The molecule has 90 valence electrons. The molecule has 1 N–H and O–H groups in total. The molecule has 4 heteroatoms. The van der Waals surface area contributed by atoms with E-state index in [2.05, 4.69) is 11.4 Å². The van der Waals surface area contributed by atoms with Gasteiger partial charge in [-0.25, -0.2) is 4.79 Å². The van der Waals surface area contributed by atoms with E-state index in [1.807, 2.05) is 12.2 Å². The zero-order valence-electron chi connectivity index (χ0n) is 9.73. The van der Waals surface area contributed by atoms with Crippen LogP contribution in [0.5, 0.6) is 0 Å². The van der Waals surface area contributed by atoms with Crippen LogP contribution in [0.3, 0.4) is 0 Å². The average Bonchev–Trinajstić information content (AvgIpc) is 2.85. The van der Waals surface area contributed by atoms with Gasteiger partial charge in [-0.3, -0.25) is 0 Å². The maximum atomic E-state index is 11.7. The Bertz CT molecular complexity index is 448. The Morgan fingerprint density at radius 1 is 1.59 bits per heavy atom. The number of methoxy groups -OCH3 is 1. The highest BCUT2D eigenvalue weighted by Gasteiger charge is 2.36. The minimum Gasteiger partial charge on any atom is -0.466 e. The molecule has 1 saturated heterocycles. The van der Waals surface area contributed by atoms with Crippen molar-refractivity contribution in [1.82, 2.24) is 5.32 Å². The topological polar surface area (TPSA) is 47.6 Å². The van der Waals surface area contributed by atoms with Crippen molar-refractivity contribution in [3.05, 3.63) is 34.9 Å². The van der Waals surface area contributed by atoms with E-state index in [-0.39, 0.29) is 18.1 Å². The van der Waals surface area contributed by atoms with Gasteiger partial charge in [0, 0.05) is 6.54 Å². The van der Waals surface area contributed by atoms with Crippen LogP contribution in [-0.2, 0) is 14.3 Å². The van der Waals surface area contributed by atoms with E-state index in [1.54, 1.807) is 0 Å². The van der Waals surface area contributed by atoms with Crippen LogP contribution in [0.1, 0.15) is 6.42 Å². The molecule has 2 atom stereocenters. The molecule has 1 fully saturated rings. The van der Waals surface area contributed by atoms with Gasteiger partial charge in [-0.15, -0.1) is 0 Å². The van der Waals surface area contributed by atoms with Gasteiger partial charge < -0.3 is 14.8 Å². The molecule has 2 aliphatic heterocycles. The number of ether oxygens (including phenoxy) is 2. The maximum Gasteiger partial charge on any atom is 0.335 e. The standard InChI is InChI=1S/C13H15NO3/c1-16-13(15)10-4-2-3-9-8-5-6-17-11(8)7-14-12(9)10/h2-4,11-12,14H,5-7H2,1H3. The highest BCUT2D eigenvalue weighted by Crippen LogP contribution is 2.33. The summed E-state index contributed by atoms with van der Waals surface area (Å²) >= 11 is 0. The summed E-state index contributed by atoms with van der Waals surface area (Å²) in [5, 5.41) is 3.35. The third kappa shape index (κ3) is 1.64. The molecule has 0 radical (unpaired) electrons. The van der Waals surface area contributed by atoms with Gasteiger partial charge in [0.15, 0.2) is 0 Å². The van der Waals surface area contributed by atoms with E-state index in [0.717, 1.165) is 19.6 Å². The first kappa shape index (κ1) is 10.7. The molecule has 0 aromatic heterocycles. The van der Waals surface area contributed by atoms with Crippen LogP contribution in [0.4, 0.5) is 0 Å². The third-order valence-electron chi connectivity index (χ3n) is 3.55. The monoisotopic (exact) mass is 233 g/mol. The highest BCUT2D eigenvalue weighted by molar-refractivity contribution is 5.92. The molecule has 0 bridgehead atoms. The summed E-state index contributed by atoms with van der Waals surface area (Å²) in [6.07, 6.45) is 6.96. The van der Waals surface area contributed by atoms with Crippen LogP contribution in [0.15, 0.2) is 34.9 Å². The summed E-state index contributed by atoms with van der Waals surface area (Å²) in [5.41, 5.74) is 3.20. The van der Waals surface area contributed by atoms with Gasteiger partial charge in [0.2, 0.25) is 0 Å². The first-order valence-electron chi connectivity index (χ1n) is 5.85. The van der Waals surface area contributed by atoms with Gasteiger partial charge in [-0.05, 0) is 23.6 Å². The van der Waals surface area contributed by atoms with Crippen molar-refractivity contribution in [3.8, 4) is 0 Å². The van der Waals surface area contributed by atoms with Crippen LogP contribution in [-0.4, -0.2) is 38.4 Å². The number of rotatable bonds is 1. The van der Waals surface area contributed by atoms with Gasteiger partial charge in [-0.1, -0.05) is 12.2 Å². The Hall–Kier alpha value is -1.39. The lowest BCUT2D eigenvalue weighted by atomic mass is 9.85. The van der Waals surface area contributed by atoms with Crippen LogP contribution in [0.25, 0.3) is 0 Å². The summed E-state index contributed by atoms with van der Waals surface area (Å²) in [4.78, 5) is 11.7. The number of fused-ring (bicyclic) bond motifs is 2.